The summed E-state index contributed by atoms with van der Waals surface area (Å²) in [6.07, 6.45) is 1.90. The van der Waals surface area contributed by atoms with Gasteiger partial charge in [-0.3, -0.25) is 25.2 Å². The van der Waals surface area contributed by atoms with Gasteiger partial charge in [0.15, 0.2) is 5.50 Å². The van der Waals surface area contributed by atoms with E-state index in [9.17, 15) is 24.1 Å². The maximum Gasteiger partial charge on any atom is 0.336 e. The summed E-state index contributed by atoms with van der Waals surface area (Å²) < 4.78 is 24.0. The summed E-state index contributed by atoms with van der Waals surface area (Å²) in [5, 5.41) is 15.0. The van der Waals surface area contributed by atoms with E-state index in [1.54, 1.807) is 19.1 Å². The molecular formula is C29H22FN3O6S. The highest BCUT2D eigenvalue weighted by Crippen LogP contribution is 2.36. The van der Waals surface area contributed by atoms with Gasteiger partial charge in [-0.05, 0) is 55.3 Å². The first-order valence-corrected chi connectivity index (χ1v) is 13.0. The van der Waals surface area contributed by atoms with Crippen molar-refractivity contribution in [2.45, 2.75) is 19.3 Å². The number of halogens is 1. The van der Waals surface area contributed by atoms with Crippen LogP contribution in [0.1, 0.15) is 22.3 Å². The highest BCUT2D eigenvalue weighted by molar-refractivity contribution is 8.08. The van der Waals surface area contributed by atoms with Crippen LogP contribution in [0.2, 0.25) is 0 Å². The van der Waals surface area contributed by atoms with Crippen LogP contribution in [-0.4, -0.2) is 28.6 Å². The van der Waals surface area contributed by atoms with E-state index in [1.807, 2.05) is 37.3 Å². The molecule has 0 aliphatic carbocycles. The van der Waals surface area contributed by atoms with Gasteiger partial charge in [0.25, 0.3) is 0 Å². The molecule has 0 amide bonds. The zero-order valence-electron chi connectivity index (χ0n) is 21.3. The summed E-state index contributed by atoms with van der Waals surface area (Å²) >= 11 is 1.38. The van der Waals surface area contributed by atoms with Gasteiger partial charge in [-0.1, -0.05) is 41.6 Å². The second-order valence-corrected chi connectivity index (χ2v) is 10.2. The van der Waals surface area contributed by atoms with Crippen molar-refractivity contribution in [2.75, 3.05) is 6.54 Å². The molecule has 0 saturated carbocycles. The van der Waals surface area contributed by atoms with Gasteiger partial charge in [0.1, 0.15) is 11.4 Å². The molecule has 9 nitrogen and oxygen atoms in total. The van der Waals surface area contributed by atoms with Crippen molar-refractivity contribution in [3.8, 4) is 5.75 Å². The number of benzene rings is 3. The summed E-state index contributed by atoms with van der Waals surface area (Å²) in [4.78, 5) is 41.1. The molecule has 3 aromatic carbocycles. The SMILES string of the molecule is Cc1ccc(C2=CC(c3ccc(F)cc3)=NC(NCC(=O)Oc3cc4oc(=O)cc(C)c4cc3[N+](=O)[O-])S2)cc1. The molecule has 202 valence electrons. The molecule has 1 unspecified atom stereocenters. The van der Waals surface area contributed by atoms with Crippen molar-refractivity contribution < 1.29 is 23.3 Å². The Morgan fingerprint density at radius 2 is 1.80 bits per heavy atom. The molecule has 0 fully saturated rings. The largest absolute Gasteiger partial charge is 0.423 e. The van der Waals surface area contributed by atoms with Crippen LogP contribution in [-0.2, 0) is 4.79 Å². The third-order valence-corrected chi connectivity index (χ3v) is 7.21. The number of hydrogen-bond acceptors (Lipinski definition) is 9. The van der Waals surface area contributed by atoms with E-state index in [-0.39, 0.29) is 23.7 Å². The summed E-state index contributed by atoms with van der Waals surface area (Å²) in [6.45, 7) is 3.29. The minimum Gasteiger partial charge on any atom is -0.423 e. The smallest absolute Gasteiger partial charge is 0.336 e. The number of aryl methyl sites for hydroxylation is 2. The van der Waals surface area contributed by atoms with E-state index in [2.05, 4.69) is 10.3 Å². The molecule has 40 heavy (non-hydrogen) atoms. The third-order valence-electron chi connectivity index (χ3n) is 6.11. The first-order chi connectivity index (χ1) is 19.2. The van der Waals surface area contributed by atoms with Crippen LogP contribution >= 0.6 is 11.8 Å². The molecular weight excluding hydrogens is 537 g/mol. The van der Waals surface area contributed by atoms with E-state index in [0.29, 0.717) is 22.2 Å². The molecule has 1 aliphatic heterocycles. The first-order valence-electron chi connectivity index (χ1n) is 12.1. The number of rotatable bonds is 7. The molecule has 1 atom stereocenters. The van der Waals surface area contributed by atoms with E-state index in [1.165, 1.54) is 36.0 Å². The number of fused-ring (bicyclic) bond motifs is 1. The predicted molar refractivity (Wildman–Crippen MR) is 151 cm³/mol. The average Bonchev–Trinajstić information content (AvgIpc) is 2.92. The quantitative estimate of drug-likeness (QED) is 0.103. The molecule has 0 spiro atoms. The lowest BCUT2D eigenvalue weighted by Gasteiger charge is -2.22. The van der Waals surface area contributed by atoms with Gasteiger partial charge >= 0.3 is 17.3 Å². The minimum atomic E-state index is -0.803. The molecule has 5 rings (SSSR count). The van der Waals surface area contributed by atoms with Gasteiger partial charge in [0.2, 0.25) is 5.75 Å². The molecule has 4 aromatic rings. The number of nitrogens with zero attached hydrogens (tertiary/aromatic N) is 2. The number of nitro benzene ring substituents is 1. The average molecular weight is 560 g/mol. The summed E-state index contributed by atoms with van der Waals surface area (Å²) in [5.74, 6) is -1.51. The number of carbonyl (C=O) groups excluding carboxylic acids is 1. The number of thioether (sulfide) groups is 1. The van der Waals surface area contributed by atoms with E-state index < -0.39 is 27.7 Å². The van der Waals surface area contributed by atoms with Gasteiger partial charge in [-0.2, -0.15) is 0 Å². The molecule has 0 saturated heterocycles. The van der Waals surface area contributed by atoms with Crippen LogP contribution in [0.25, 0.3) is 15.9 Å². The van der Waals surface area contributed by atoms with Crippen molar-refractivity contribution >= 4 is 45.0 Å². The van der Waals surface area contributed by atoms with E-state index in [4.69, 9.17) is 9.15 Å². The maximum absolute atomic E-state index is 13.5. The van der Waals surface area contributed by atoms with Crippen molar-refractivity contribution in [1.29, 1.82) is 0 Å². The molecule has 1 N–H and O–H groups in total. The number of esters is 1. The standard InChI is InChI=1S/C29H22FN3O6S/c1-16-3-5-19(6-4-16)26-13-22(18-7-9-20(30)10-8-18)32-29(40-26)31-15-28(35)39-25-14-24-21(12-23(25)33(36)37)17(2)11-27(34)38-24/h3-14,29,31H,15H2,1-2H3. The fourth-order valence-corrected chi connectivity index (χ4v) is 5.12. The van der Waals surface area contributed by atoms with Crippen molar-refractivity contribution in [1.82, 2.24) is 5.32 Å². The molecule has 0 bridgehead atoms. The van der Waals surface area contributed by atoms with Crippen molar-refractivity contribution in [2.24, 2.45) is 4.99 Å². The zero-order valence-corrected chi connectivity index (χ0v) is 22.2. The van der Waals surface area contributed by atoms with Gasteiger partial charge in [0, 0.05) is 34.1 Å². The topological polar surface area (TPSA) is 124 Å². The number of nitrogens with one attached hydrogen (secondary N) is 1. The van der Waals surface area contributed by atoms with Crippen LogP contribution in [0, 0.1) is 29.8 Å². The second-order valence-electron chi connectivity index (χ2n) is 9.04. The molecule has 11 heteroatoms. The molecule has 0 radical (unpaired) electrons. The lowest BCUT2D eigenvalue weighted by atomic mass is 10.1. The third kappa shape index (κ3) is 6.00. The number of ether oxygens (including phenoxy) is 1. The van der Waals surface area contributed by atoms with Gasteiger partial charge in [0.05, 0.1) is 17.2 Å². The van der Waals surface area contributed by atoms with Crippen molar-refractivity contribution in [3.05, 3.63) is 121 Å². The second kappa shape index (κ2) is 11.2. The Kier molecular flexibility index (Phi) is 7.58. The Morgan fingerprint density at radius 3 is 2.50 bits per heavy atom. The van der Waals surface area contributed by atoms with Crippen LogP contribution in [0.4, 0.5) is 10.1 Å². The lowest BCUT2D eigenvalue weighted by molar-refractivity contribution is -0.385. The fourth-order valence-electron chi connectivity index (χ4n) is 4.09. The number of aliphatic imine (C=N–C) groups is 1. The Balaban J connectivity index is 1.37. The highest BCUT2D eigenvalue weighted by Gasteiger charge is 2.24. The Bertz CT molecular complexity index is 1750. The van der Waals surface area contributed by atoms with E-state index in [0.717, 1.165) is 22.1 Å². The minimum absolute atomic E-state index is 0.0654. The molecule has 1 aliphatic rings. The van der Waals surface area contributed by atoms with Crippen LogP contribution < -0.4 is 15.7 Å². The molecule has 1 aromatic heterocycles. The Hall–Kier alpha value is -4.61. The number of allylic oxidation sites excluding steroid dienone is 1. The summed E-state index contributed by atoms with van der Waals surface area (Å²) in [7, 11) is 0. The maximum atomic E-state index is 13.5. The monoisotopic (exact) mass is 559 g/mol. The van der Waals surface area contributed by atoms with E-state index >= 15 is 0 Å². The predicted octanol–water partition coefficient (Wildman–Crippen LogP) is 5.51. The van der Waals surface area contributed by atoms with Crippen LogP contribution in [0.15, 0.2) is 87.0 Å². The fraction of sp³-hybridized carbons (Fsp3) is 0.138. The van der Waals surface area contributed by atoms with Gasteiger partial charge in [-0.25, -0.2) is 9.18 Å². The first kappa shape index (κ1) is 27.0. The number of nitro groups is 1. The number of hydrogen-bond donors (Lipinski definition) is 1. The zero-order chi connectivity index (χ0) is 28.4. The summed E-state index contributed by atoms with van der Waals surface area (Å²) in [6, 6.07) is 17.5. The van der Waals surface area contributed by atoms with Crippen molar-refractivity contribution in [3.63, 3.8) is 0 Å². The van der Waals surface area contributed by atoms with Gasteiger partial charge in [-0.15, -0.1) is 0 Å². The molecule has 2 heterocycles. The van der Waals surface area contributed by atoms with Crippen LogP contribution in [0.3, 0.4) is 0 Å². The van der Waals surface area contributed by atoms with Crippen LogP contribution in [0.5, 0.6) is 5.75 Å². The summed E-state index contributed by atoms with van der Waals surface area (Å²) in [5.41, 5.74) is 2.23. The Labute approximate surface area is 231 Å². The Morgan fingerprint density at radius 1 is 1.10 bits per heavy atom. The normalized spacial score (nSPS) is 14.9. The number of carbonyl (C=O) groups is 1. The van der Waals surface area contributed by atoms with Gasteiger partial charge < -0.3 is 9.15 Å². The highest BCUT2D eigenvalue weighted by atomic mass is 32.2. The lowest BCUT2D eigenvalue weighted by Crippen LogP contribution is -2.34.